The van der Waals surface area contributed by atoms with Gasteiger partial charge in [-0.05, 0) is 49.9 Å². The summed E-state index contributed by atoms with van der Waals surface area (Å²) in [6.07, 6.45) is 1.04. The van der Waals surface area contributed by atoms with Crippen LogP contribution >= 0.6 is 11.6 Å². The van der Waals surface area contributed by atoms with Gasteiger partial charge in [0.15, 0.2) is 0 Å². The van der Waals surface area contributed by atoms with Gasteiger partial charge in [0.2, 0.25) is 5.91 Å². The zero-order valence-corrected chi connectivity index (χ0v) is 13.7. The largest absolute Gasteiger partial charge is 0.326 e. The molecule has 1 heterocycles. The molecule has 4 nitrogen and oxygen atoms in total. The van der Waals surface area contributed by atoms with E-state index >= 15 is 0 Å². The highest BCUT2D eigenvalue weighted by molar-refractivity contribution is 6.34. The fraction of sp³-hybridized carbons (Fsp3) is 0.562. The molecule has 1 aromatic rings. The minimum Gasteiger partial charge on any atom is -0.326 e. The molecule has 21 heavy (non-hydrogen) atoms. The molecule has 2 atom stereocenters. The average Bonchev–Trinajstić information content (AvgIpc) is 2.38. The predicted octanol–water partition coefficient (Wildman–Crippen LogP) is 2.56. The Hall–Kier alpha value is -1.10. The first-order valence-electron chi connectivity index (χ1n) is 7.41. The van der Waals surface area contributed by atoms with Crippen LogP contribution < -0.4 is 11.1 Å². The Kier molecular flexibility index (Phi) is 5.25. The molecule has 0 aliphatic carbocycles. The molecule has 1 aliphatic heterocycles. The summed E-state index contributed by atoms with van der Waals surface area (Å²) in [4.78, 5) is 14.3. The third-order valence-electron chi connectivity index (χ3n) is 4.16. The highest BCUT2D eigenvalue weighted by atomic mass is 35.5. The molecule has 0 bridgehead atoms. The van der Waals surface area contributed by atoms with Crippen molar-refractivity contribution in [3.63, 3.8) is 0 Å². The first-order valence-corrected chi connectivity index (χ1v) is 7.79. The summed E-state index contributed by atoms with van der Waals surface area (Å²) in [6, 6.07) is 4.03. The van der Waals surface area contributed by atoms with E-state index in [1.807, 2.05) is 26.0 Å². The average molecular weight is 310 g/mol. The lowest BCUT2D eigenvalue weighted by atomic mass is 9.94. The van der Waals surface area contributed by atoms with Crippen LogP contribution in [0.15, 0.2) is 12.1 Å². The van der Waals surface area contributed by atoms with E-state index in [9.17, 15) is 4.79 Å². The predicted molar refractivity (Wildman–Crippen MR) is 87.8 cm³/mol. The van der Waals surface area contributed by atoms with Gasteiger partial charge in [0, 0.05) is 12.6 Å². The standard InChI is InChI=1S/C16H24ClN3O/c1-10-6-12(3)16(13(17)7-10)19-15(21)9-20-5-4-11(2)14(18)8-20/h6-7,11,14H,4-5,8-9,18H2,1-3H3,(H,19,21). The number of aryl methyl sites for hydroxylation is 2. The van der Waals surface area contributed by atoms with Gasteiger partial charge in [0.05, 0.1) is 17.3 Å². The third kappa shape index (κ3) is 4.19. The van der Waals surface area contributed by atoms with Gasteiger partial charge in [0.1, 0.15) is 0 Å². The lowest BCUT2D eigenvalue weighted by Crippen LogP contribution is -2.49. The summed E-state index contributed by atoms with van der Waals surface area (Å²) < 4.78 is 0. The van der Waals surface area contributed by atoms with Crippen molar-refractivity contribution in [1.29, 1.82) is 0 Å². The summed E-state index contributed by atoms with van der Waals surface area (Å²) in [6.45, 7) is 8.16. The number of nitrogens with two attached hydrogens (primary N) is 1. The van der Waals surface area contributed by atoms with Crippen LogP contribution in [0.3, 0.4) is 0 Å². The topological polar surface area (TPSA) is 58.4 Å². The summed E-state index contributed by atoms with van der Waals surface area (Å²) in [5.41, 5.74) is 8.85. The van der Waals surface area contributed by atoms with Crippen molar-refractivity contribution < 1.29 is 4.79 Å². The molecule has 3 N–H and O–H groups in total. The number of likely N-dealkylation sites (tertiary alicyclic amines) is 1. The fourth-order valence-electron chi connectivity index (χ4n) is 2.77. The van der Waals surface area contributed by atoms with E-state index < -0.39 is 0 Å². The van der Waals surface area contributed by atoms with E-state index in [0.29, 0.717) is 23.2 Å². The number of halogens is 1. The highest BCUT2D eigenvalue weighted by Crippen LogP contribution is 2.27. The smallest absolute Gasteiger partial charge is 0.238 e. The number of amides is 1. The summed E-state index contributed by atoms with van der Waals surface area (Å²) in [7, 11) is 0. The number of benzene rings is 1. The Morgan fingerprint density at radius 3 is 2.81 bits per heavy atom. The van der Waals surface area contributed by atoms with Gasteiger partial charge < -0.3 is 11.1 Å². The number of nitrogens with zero attached hydrogens (tertiary/aromatic N) is 1. The van der Waals surface area contributed by atoms with Crippen molar-refractivity contribution in [3.8, 4) is 0 Å². The molecule has 0 spiro atoms. The van der Waals surface area contributed by atoms with Gasteiger partial charge in [0.25, 0.3) is 0 Å². The second kappa shape index (κ2) is 6.77. The number of carbonyl (C=O) groups excluding carboxylic acids is 1. The molecule has 1 aliphatic rings. The molecule has 2 unspecified atom stereocenters. The van der Waals surface area contributed by atoms with Crippen LogP contribution in [-0.2, 0) is 4.79 Å². The molecule has 2 rings (SSSR count). The second-order valence-corrected chi connectivity index (χ2v) is 6.56. The molecule has 0 radical (unpaired) electrons. The molecular formula is C16H24ClN3O. The van der Waals surface area contributed by atoms with Gasteiger partial charge in [-0.3, -0.25) is 9.69 Å². The van der Waals surface area contributed by atoms with Gasteiger partial charge >= 0.3 is 0 Å². The Balaban J connectivity index is 1.96. The number of piperidine rings is 1. The van der Waals surface area contributed by atoms with E-state index in [1.165, 1.54) is 0 Å². The van der Waals surface area contributed by atoms with Crippen molar-refractivity contribution >= 4 is 23.2 Å². The van der Waals surface area contributed by atoms with Crippen molar-refractivity contribution in [1.82, 2.24) is 4.90 Å². The normalized spacial score (nSPS) is 23.1. The maximum atomic E-state index is 12.2. The monoisotopic (exact) mass is 309 g/mol. The fourth-order valence-corrected chi connectivity index (χ4v) is 3.14. The molecule has 0 aromatic heterocycles. The Morgan fingerprint density at radius 1 is 1.48 bits per heavy atom. The van der Waals surface area contributed by atoms with Crippen molar-refractivity contribution in [2.24, 2.45) is 11.7 Å². The van der Waals surface area contributed by atoms with Gasteiger partial charge in [-0.1, -0.05) is 24.6 Å². The van der Waals surface area contributed by atoms with Crippen LogP contribution in [0.1, 0.15) is 24.5 Å². The first kappa shape index (κ1) is 16.3. The van der Waals surface area contributed by atoms with E-state index in [4.69, 9.17) is 17.3 Å². The van der Waals surface area contributed by atoms with Crippen LogP contribution in [-0.4, -0.2) is 36.5 Å². The van der Waals surface area contributed by atoms with Crippen LogP contribution in [0.4, 0.5) is 5.69 Å². The zero-order valence-electron chi connectivity index (χ0n) is 12.9. The Labute approximate surface area is 131 Å². The van der Waals surface area contributed by atoms with Crippen molar-refractivity contribution in [2.45, 2.75) is 33.2 Å². The maximum Gasteiger partial charge on any atom is 0.238 e. The van der Waals surface area contributed by atoms with E-state index in [-0.39, 0.29) is 11.9 Å². The minimum absolute atomic E-state index is 0.0365. The number of rotatable bonds is 3. The van der Waals surface area contributed by atoms with Gasteiger partial charge in [-0.2, -0.15) is 0 Å². The molecular weight excluding hydrogens is 286 g/mol. The van der Waals surface area contributed by atoms with Crippen LogP contribution in [0.2, 0.25) is 5.02 Å². The second-order valence-electron chi connectivity index (χ2n) is 6.15. The lowest BCUT2D eigenvalue weighted by molar-refractivity contribution is -0.117. The lowest BCUT2D eigenvalue weighted by Gasteiger charge is -2.34. The molecule has 1 amide bonds. The number of anilines is 1. The number of hydrogen-bond acceptors (Lipinski definition) is 3. The zero-order chi connectivity index (χ0) is 15.6. The van der Waals surface area contributed by atoms with Gasteiger partial charge in [-0.15, -0.1) is 0 Å². The molecule has 1 aromatic carbocycles. The van der Waals surface area contributed by atoms with Crippen LogP contribution in [0.5, 0.6) is 0 Å². The number of nitrogens with one attached hydrogen (secondary N) is 1. The SMILES string of the molecule is Cc1cc(C)c(NC(=O)CN2CCC(C)C(N)C2)c(Cl)c1. The first-order chi connectivity index (χ1) is 9.86. The quantitative estimate of drug-likeness (QED) is 0.902. The van der Waals surface area contributed by atoms with Crippen molar-refractivity contribution in [3.05, 3.63) is 28.3 Å². The molecule has 5 heteroatoms. The third-order valence-corrected chi connectivity index (χ3v) is 4.46. The summed E-state index contributed by atoms with van der Waals surface area (Å²) in [5.74, 6) is 0.490. The number of carbonyl (C=O) groups is 1. The van der Waals surface area contributed by atoms with E-state index in [0.717, 1.165) is 30.6 Å². The molecule has 1 fully saturated rings. The summed E-state index contributed by atoms with van der Waals surface area (Å²) >= 11 is 6.22. The van der Waals surface area contributed by atoms with E-state index in [1.54, 1.807) is 0 Å². The summed E-state index contributed by atoms with van der Waals surface area (Å²) in [5, 5.41) is 3.51. The number of hydrogen-bond donors (Lipinski definition) is 2. The van der Waals surface area contributed by atoms with Crippen molar-refractivity contribution in [2.75, 3.05) is 25.0 Å². The molecule has 116 valence electrons. The highest BCUT2D eigenvalue weighted by Gasteiger charge is 2.24. The van der Waals surface area contributed by atoms with Crippen LogP contribution in [0.25, 0.3) is 0 Å². The maximum absolute atomic E-state index is 12.2. The minimum atomic E-state index is -0.0365. The Bertz CT molecular complexity index is 509. The van der Waals surface area contributed by atoms with Gasteiger partial charge in [-0.25, -0.2) is 0 Å². The molecule has 1 saturated heterocycles. The van der Waals surface area contributed by atoms with E-state index in [2.05, 4.69) is 17.1 Å². The van der Waals surface area contributed by atoms with Crippen LogP contribution in [0, 0.1) is 19.8 Å². The Morgan fingerprint density at radius 2 is 2.19 bits per heavy atom. The molecule has 0 saturated carbocycles.